The number of hydrogen-bond donors (Lipinski definition) is 1. The fourth-order valence-corrected chi connectivity index (χ4v) is 2.69. The molecule has 8 heteroatoms. The first-order valence-electron chi connectivity index (χ1n) is 5.52. The van der Waals surface area contributed by atoms with E-state index in [4.69, 9.17) is 4.84 Å². The van der Waals surface area contributed by atoms with Crippen molar-refractivity contribution >= 4 is 15.7 Å². The monoisotopic (exact) mass is 290 g/mol. The predicted molar refractivity (Wildman–Crippen MR) is 64.1 cm³/mol. The number of nitrogens with one attached hydrogen (secondary N) is 1. The fraction of sp³-hybridized carbons (Fsp3) is 0.364. The molecule has 1 unspecified atom stereocenters. The molecule has 0 aliphatic carbocycles. The van der Waals surface area contributed by atoms with E-state index in [-0.39, 0.29) is 17.5 Å². The van der Waals surface area contributed by atoms with Crippen molar-refractivity contribution in [2.24, 2.45) is 5.16 Å². The highest BCUT2D eigenvalue weighted by molar-refractivity contribution is 7.89. The fourth-order valence-electron chi connectivity index (χ4n) is 1.61. The van der Waals surface area contributed by atoms with Gasteiger partial charge in [-0.05, 0) is 25.1 Å². The summed E-state index contributed by atoms with van der Waals surface area (Å²) >= 11 is 0. The largest absolute Gasteiger partial charge is 0.391 e. The first-order valence-corrected chi connectivity index (χ1v) is 7.01. The highest BCUT2D eigenvalue weighted by Crippen LogP contribution is 2.15. The Bertz CT molecular complexity index is 616. The molecule has 19 heavy (non-hydrogen) atoms. The summed E-state index contributed by atoms with van der Waals surface area (Å²) < 4.78 is 51.7. The van der Waals surface area contributed by atoms with E-state index >= 15 is 0 Å². The van der Waals surface area contributed by atoms with Gasteiger partial charge in [-0.2, -0.15) is 0 Å². The summed E-state index contributed by atoms with van der Waals surface area (Å²) in [5.74, 6) is -2.30. The molecule has 0 radical (unpaired) electrons. The molecule has 1 N–H and O–H groups in total. The van der Waals surface area contributed by atoms with Gasteiger partial charge in [0.05, 0.1) is 17.2 Å². The molecule has 1 heterocycles. The molecule has 5 nitrogen and oxygen atoms in total. The average molecular weight is 290 g/mol. The minimum atomic E-state index is -3.89. The van der Waals surface area contributed by atoms with Gasteiger partial charge in [-0.15, -0.1) is 0 Å². The first-order chi connectivity index (χ1) is 8.88. The van der Waals surface area contributed by atoms with Crippen LogP contribution >= 0.6 is 0 Å². The molecule has 0 amide bonds. The van der Waals surface area contributed by atoms with Crippen LogP contribution < -0.4 is 4.72 Å². The summed E-state index contributed by atoms with van der Waals surface area (Å²) in [5, 5.41) is 3.69. The molecule has 0 saturated heterocycles. The summed E-state index contributed by atoms with van der Waals surface area (Å²) in [5.41, 5.74) is 0.775. The number of sulfonamides is 1. The normalized spacial score (nSPS) is 19.1. The Balaban J connectivity index is 2.04. The highest BCUT2D eigenvalue weighted by Gasteiger charge is 2.22. The van der Waals surface area contributed by atoms with E-state index < -0.39 is 21.7 Å². The van der Waals surface area contributed by atoms with Crippen LogP contribution in [0, 0.1) is 11.6 Å². The van der Waals surface area contributed by atoms with Crippen LogP contribution in [-0.2, 0) is 14.9 Å². The molecule has 1 aromatic rings. The van der Waals surface area contributed by atoms with Crippen molar-refractivity contribution in [3.05, 3.63) is 29.8 Å². The first kappa shape index (κ1) is 13.9. The molecule has 104 valence electrons. The molecule has 0 fully saturated rings. The highest BCUT2D eigenvalue weighted by atomic mass is 32.2. The van der Waals surface area contributed by atoms with E-state index in [0.29, 0.717) is 12.5 Å². The maximum Gasteiger partial charge on any atom is 0.240 e. The minimum Gasteiger partial charge on any atom is -0.391 e. The zero-order chi connectivity index (χ0) is 14.0. The molecule has 1 aliphatic heterocycles. The third-order valence-electron chi connectivity index (χ3n) is 2.58. The maximum atomic E-state index is 13.0. The molecule has 1 aliphatic rings. The van der Waals surface area contributed by atoms with E-state index in [1.165, 1.54) is 0 Å². The zero-order valence-corrected chi connectivity index (χ0v) is 10.9. The van der Waals surface area contributed by atoms with Crippen molar-refractivity contribution in [1.82, 2.24) is 4.72 Å². The third kappa shape index (κ3) is 3.27. The van der Waals surface area contributed by atoms with Gasteiger partial charge >= 0.3 is 0 Å². The zero-order valence-electron chi connectivity index (χ0n) is 10.1. The second kappa shape index (κ2) is 5.22. The lowest BCUT2D eigenvalue weighted by atomic mass is 10.2. The topological polar surface area (TPSA) is 67.8 Å². The SMILES string of the molecule is CC1=NOC(CNS(=O)(=O)c2ccc(F)c(F)c2)C1. The van der Waals surface area contributed by atoms with E-state index in [2.05, 4.69) is 9.88 Å². The minimum absolute atomic E-state index is 0.0160. The van der Waals surface area contributed by atoms with Gasteiger partial charge in [0.2, 0.25) is 10.0 Å². The third-order valence-corrected chi connectivity index (χ3v) is 4.00. The van der Waals surface area contributed by atoms with Gasteiger partial charge in [-0.3, -0.25) is 0 Å². The second-order valence-electron chi connectivity index (χ2n) is 4.19. The van der Waals surface area contributed by atoms with Crippen LogP contribution in [0.25, 0.3) is 0 Å². The van der Waals surface area contributed by atoms with Crippen molar-refractivity contribution in [3.8, 4) is 0 Å². The van der Waals surface area contributed by atoms with Crippen LogP contribution in [0.4, 0.5) is 8.78 Å². The smallest absolute Gasteiger partial charge is 0.240 e. The van der Waals surface area contributed by atoms with E-state index in [1.54, 1.807) is 6.92 Å². The van der Waals surface area contributed by atoms with Gasteiger partial charge in [-0.1, -0.05) is 5.16 Å². The molecule has 1 atom stereocenters. The van der Waals surface area contributed by atoms with Crippen LogP contribution in [0.1, 0.15) is 13.3 Å². The Morgan fingerprint density at radius 2 is 2.16 bits per heavy atom. The summed E-state index contributed by atoms with van der Waals surface area (Å²) in [6, 6.07) is 2.40. The van der Waals surface area contributed by atoms with Gasteiger partial charge in [0.1, 0.15) is 6.10 Å². The van der Waals surface area contributed by atoms with Crippen LogP contribution in [0.5, 0.6) is 0 Å². The molecule has 0 spiro atoms. The van der Waals surface area contributed by atoms with Gasteiger partial charge < -0.3 is 4.84 Å². The number of hydrogen-bond acceptors (Lipinski definition) is 4. The van der Waals surface area contributed by atoms with Crippen LogP contribution in [0.3, 0.4) is 0 Å². The van der Waals surface area contributed by atoms with Crippen molar-refractivity contribution in [2.45, 2.75) is 24.3 Å². The van der Waals surface area contributed by atoms with Crippen LogP contribution in [-0.4, -0.2) is 26.8 Å². The van der Waals surface area contributed by atoms with Crippen molar-refractivity contribution < 1.29 is 22.0 Å². The van der Waals surface area contributed by atoms with Crippen molar-refractivity contribution in [3.63, 3.8) is 0 Å². The average Bonchev–Trinajstić information content (AvgIpc) is 2.76. The Labute approximate surface area is 109 Å². The van der Waals surface area contributed by atoms with E-state index in [1.807, 2.05) is 0 Å². The lowest BCUT2D eigenvalue weighted by Crippen LogP contribution is -2.32. The summed E-state index contributed by atoms with van der Waals surface area (Å²) in [7, 11) is -3.89. The molecule has 0 aromatic heterocycles. The quantitative estimate of drug-likeness (QED) is 0.911. The lowest BCUT2D eigenvalue weighted by Gasteiger charge is -2.10. The summed E-state index contributed by atoms with van der Waals surface area (Å²) in [6.45, 7) is 1.78. The van der Waals surface area contributed by atoms with Gasteiger partial charge in [0, 0.05) is 6.42 Å². The van der Waals surface area contributed by atoms with Crippen LogP contribution in [0.2, 0.25) is 0 Å². The number of benzene rings is 1. The summed E-state index contributed by atoms with van der Waals surface area (Å²) in [4.78, 5) is 4.63. The van der Waals surface area contributed by atoms with Crippen molar-refractivity contribution in [2.75, 3.05) is 6.54 Å². The Morgan fingerprint density at radius 1 is 1.42 bits per heavy atom. The molecule has 0 bridgehead atoms. The molecule has 0 saturated carbocycles. The number of rotatable bonds is 4. The van der Waals surface area contributed by atoms with E-state index in [9.17, 15) is 17.2 Å². The number of oxime groups is 1. The molecule has 1 aromatic carbocycles. The van der Waals surface area contributed by atoms with Gasteiger partial charge in [0.15, 0.2) is 11.6 Å². The number of halogens is 2. The Kier molecular flexibility index (Phi) is 3.81. The van der Waals surface area contributed by atoms with Crippen LogP contribution in [0.15, 0.2) is 28.3 Å². The molecular formula is C11H12F2N2O3S. The number of nitrogens with zero attached hydrogens (tertiary/aromatic N) is 1. The standard InChI is InChI=1S/C11H12F2N2O3S/c1-7-4-8(18-15-7)6-14-19(16,17)9-2-3-10(12)11(13)5-9/h2-3,5,8,14H,4,6H2,1H3. The Hall–Kier alpha value is -1.54. The molecular weight excluding hydrogens is 278 g/mol. The second-order valence-corrected chi connectivity index (χ2v) is 5.95. The van der Waals surface area contributed by atoms with Crippen molar-refractivity contribution in [1.29, 1.82) is 0 Å². The predicted octanol–water partition coefficient (Wildman–Crippen LogP) is 1.41. The van der Waals surface area contributed by atoms with Gasteiger partial charge in [0.25, 0.3) is 0 Å². The maximum absolute atomic E-state index is 13.0. The lowest BCUT2D eigenvalue weighted by molar-refractivity contribution is 0.0891. The van der Waals surface area contributed by atoms with E-state index in [0.717, 1.165) is 17.8 Å². The Morgan fingerprint density at radius 3 is 2.74 bits per heavy atom. The molecule has 2 rings (SSSR count). The van der Waals surface area contributed by atoms with Gasteiger partial charge in [-0.25, -0.2) is 21.9 Å². The summed E-state index contributed by atoms with van der Waals surface area (Å²) in [6.07, 6.45) is 0.153.